The van der Waals surface area contributed by atoms with Crippen LogP contribution in [-0.2, 0) is 6.42 Å². The van der Waals surface area contributed by atoms with Crippen molar-refractivity contribution in [3.8, 4) is 11.1 Å². The first-order chi connectivity index (χ1) is 13.3. The molecule has 130 valence electrons. The van der Waals surface area contributed by atoms with Crippen molar-refractivity contribution in [1.29, 1.82) is 0 Å². The molecule has 0 saturated heterocycles. The Kier molecular flexibility index (Phi) is 3.79. The predicted octanol–water partition coefficient (Wildman–Crippen LogP) is 7.15. The van der Waals surface area contributed by atoms with Gasteiger partial charge in [0.1, 0.15) is 11.2 Å². The Labute approximate surface area is 158 Å². The lowest BCUT2D eigenvalue weighted by molar-refractivity contribution is 0.669. The lowest BCUT2D eigenvalue weighted by atomic mass is 10.0. The summed E-state index contributed by atoms with van der Waals surface area (Å²) in [6, 6.07) is 32.2. The Morgan fingerprint density at radius 2 is 1.44 bits per heavy atom. The summed E-state index contributed by atoms with van der Waals surface area (Å²) in [6.45, 7) is 2.12. The average molecular weight is 348 g/mol. The molecule has 0 fully saturated rings. The van der Waals surface area contributed by atoms with E-state index >= 15 is 0 Å². The molecule has 5 rings (SSSR count). The molecule has 0 amide bonds. The summed E-state index contributed by atoms with van der Waals surface area (Å²) in [5, 5.41) is 2.35. The highest BCUT2D eigenvalue weighted by atomic mass is 16.3. The second kappa shape index (κ2) is 6.44. The molecule has 27 heavy (non-hydrogen) atoms. The van der Waals surface area contributed by atoms with Crippen molar-refractivity contribution in [2.75, 3.05) is 0 Å². The Bertz CT molecular complexity index is 1230. The van der Waals surface area contributed by atoms with Gasteiger partial charge in [-0.25, -0.2) is 0 Å². The van der Waals surface area contributed by atoms with Crippen LogP contribution in [0.1, 0.15) is 16.7 Å². The van der Waals surface area contributed by atoms with Gasteiger partial charge < -0.3 is 4.42 Å². The maximum Gasteiger partial charge on any atom is 0.143 e. The molecule has 1 nitrogen and oxygen atoms in total. The predicted molar refractivity (Wildman–Crippen MR) is 113 cm³/mol. The summed E-state index contributed by atoms with van der Waals surface area (Å²) in [4.78, 5) is 0. The van der Waals surface area contributed by atoms with Crippen molar-refractivity contribution in [3.63, 3.8) is 0 Å². The molecule has 0 radical (unpaired) electrons. The topological polar surface area (TPSA) is 13.1 Å². The fraction of sp³-hybridized carbons (Fsp3) is 0.0769. The fourth-order valence-electron chi connectivity index (χ4n) is 3.74. The van der Waals surface area contributed by atoms with E-state index in [2.05, 4.69) is 91.9 Å². The van der Waals surface area contributed by atoms with Crippen LogP contribution in [0.15, 0.2) is 95.4 Å². The first-order valence-corrected chi connectivity index (χ1v) is 9.33. The standard InChI is InChI=1S/C26H20O/c1-18-10-12-19(13-11-18)16-20-14-15-23-24-9-5-8-22(21-6-3-2-4-7-21)26(24)27-25(23)17-20/h2-15,17H,16H2,1H3. The molecule has 1 heteroatoms. The molecule has 0 spiro atoms. The van der Waals surface area contributed by atoms with Crippen LogP contribution in [0, 0.1) is 6.92 Å². The molecule has 0 unspecified atom stereocenters. The van der Waals surface area contributed by atoms with Crippen LogP contribution in [0.2, 0.25) is 0 Å². The Morgan fingerprint density at radius 3 is 2.26 bits per heavy atom. The molecule has 0 aliphatic rings. The van der Waals surface area contributed by atoms with Crippen molar-refractivity contribution in [2.45, 2.75) is 13.3 Å². The van der Waals surface area contributed by atoms with Crippen molar-refractivity contribution in [3.05, 3.63) is 108 Å². The van der Waals surface area contributed by atoms with Gasteiger partial charge in [-0.3, -0.25) is 0 Å². The third kappa shape index (κ3) is 2.92. The van der Waals surface area contributed by atoms with E-state index in [1.54, 1.807) is 0 Å². The van der Waals surface area contributed by atoms with Gasteiger partial charge in [-0.15, -0.1) is 0 Å². The third-order valence-corrected chi connectivity index (χ3v) is 5.18. The minimum atomic E-state index is 0.915. The zero-order valence-corrected chi connectivity index (χ0v) is 15.3. The summed E-state index contributed by atoms with van der Waals surface area (Å²) in [5.74, 6) is 0. The maximum absolute atomic E-state index is 6.34. The molecule has 5 aromatic rings. The summed E-state index contributed by atoms with van der Waals surface area (Å²) in [6.07, 6.45) is 0.915. The molecule has 0 saturated carbocycles. The number of rotatable bonds is 3. The van der Waals surface area contributed by atoms with E-state index in [1.165, 1.54) is 33.0 Å². The third-order valence-electron chi connectivity index (χ3n) is 5.18. The molecular weight excluding hydrogens is 328 g/mol. The largest absolute Gasteiger partial charge is 0.455 e. The van der Waals surface area contributed by atoms with Crippen LogP contribution >= 0.6 is 0 Å². The van der Waals surface area contributed by atoms with E-state index in [0.717, 1.165) is 23.2 Å². The van der Waals surface area contributed by atoms with Crippen molar-refractivity contribution in [1.82, 2.24) is 0 Å². The zero-order valence-electron chi connectivity index (χ0n) is 15.3. The summed E-state index contributed by atoms with van der Waals surface area (Å²) in [7, 11) is 0. The monoisotopic (exact) mass is 348 g/mol. The first kappa shape index (κ1) is 15.9. The van der Waals surface area contributed by atoms with Gasteiger partial charge in [-0.05, 0) is 36.1 Å². The minimum absolute atomic E-state index is 0.915. The normalized spacial score (nSPS) is 11.3. The summed E-state index contributed by atoms with van der Waals surface area (Å²) < 4.78 is 6.34. The molecule has 0 aliphatic heterocycles. The van der Waals surface area contributed by atoms with E-state index in [4.69, 9.17) is 4.42 Å². The lowest BCUT2D eigenvalue weighted by Gasteiger charge is -2.02. The Hall–Kier alpha value is -3.32. The highest BCUT2D eigenvalue weighted by Crippen LogP contribution is 2.36. The van der Waals surface area contributed by atoms with Gasteiger partial charge in [0.15, 0.2) is 0 Å². The quantitative estimate of drug-likeness (QED) is 0.337. The average Bonchev–Trinajstić information content (AvgIpc) is 3.08. The molecule has 0 bridgehead atoms. The van der Waals surface area contributed by atoms with Crippen LogP contribution in [0.3, 0.4) is 0 Å². The maximum atomic E-state index is 6.34. The number of benzene rings is 4. The van der Waals surface area contributed by atoms with Crippen molar-refractivity contribution >= 4 is 21.9 Å². The van der Waals surface area contributed by atoms with Gasteiger partial charge in [0.25, 0.3) is 0 Å². The second-order valence-electron chi connectivity index (χ2n) is 7.14. The molecule has 0 aliphatic carbocycles. The van der Waals surface area contributed by atoms with Gasteiger partial charge in [0, 0.05) is 16.3 Å². The number of hydrogen-bond donors (Lipinski definition) is 0. The number of fused-ring (bicyclic) bond motifs is 3. The number of hydrogen-bond acceptors (Lipinski definition) is 1. The fourth-order valence-corrected chi connectivity index (χ4v) is 3.74. The second-order valence-corrected chi connectivity index (χ2v) is 7.14. The van der Waals surface area contributed by atoms with Crippen LogP contribution in [0.25, 0.3) is 33.1 Å². The van der Waals surface area contributed by atoms with E-state index in [-0.39, 0.29) is 0 Å². The molecule has 0 atom stereocenters. The van der Waals surface area contributed by atoms with Crippen LogP contribution in [0.5, 0.6) is 0 Å². The molecule has 1 heterocycles. The zero-order chi connectivity index (χ0) is 18.2. The minimum Gasteiger partial charge on any atom is -0.455 e. The number of para-hydroxylation sites is 1. The SMILES string of the molecule is Cc1ccc(Cc2ccc3c(c2)oc2c(-c4ccccc4)cccc23)cc1. The van der Waals surface area contributed by atoms with Gasteiger partial charge in [-0.2, -0.15) is 0 Å². The number of furan rings is 1. The van der Waals surface area contributed by atoms with Crippen molar-refractivity contribution < 1.29 is 4.42 Å². The van der Waals surface area contributed by atoms with Gasteiger partial charge in [-0.1, -0.05) is 90.5 Å². The Morgan fingerprint density at radius 1 is 0.667 bits per heavy atom. The highest BCUT2D eigenvalue weighted by Gasteiger charge is 2.12. The van der Waals surface area contributed by atoms with E-state index in [1.807, 2.05) is 6.07 Å². The van der Waals surface area contributed by atoms with E-state index < -0.39 is 0 Å². The molecule has 4 aromatic carbocycles. The van der Waals surface area contributed by atoms with Crippen LogP contribution < -0.4 is 0 Å². The van der Waals surface area contributed by atoms with Gasteiger partial charge in [0.2, 0.25) is 0 Å². The van der Waals surface area contributed by atoms with Gasteiger partial charge in [0.05, 0.1) is 0 Å². The van der Waals surface area contributed by atoms with Crippen LogP contribution in [0.4, 0.5) is 0 Å². The molecule has 1 aromatic heterocycles. The van der Waals surface area contributed by atoms with Crippen molar-refractivity contribution in [2.24, 2.45) is 0 Å². The smallest absolute Gasteiger partial charge is 0.143 e. The van der Waals surface area contributed by atoms with E-state index in [0.29, 0.717) is 0 Å². The summed E-state index contributed by atoms with van der Waals surface area (Å²) >= 11 is 0. The van der Waals surface area contributed by atoms with Gasteiger partial charge >= 0.3 is 0 Å². The molecular formula is C26H20O. The lowest BCUT2D eigenvalue weighted by Crippen LogP contribution is -1.87. The van der Waals surface area contributed by atoms with E-state index in [9.17, 15) is 0 Å². The Balaban J connectivity index is 1.61. The highest BCUT2D eigenvalue weighted by molar-refractivity contribution is 6.09. The number of aryl methyl sites for hydroxylation is 1. The first-order valence-electron chi connectivity index (χ1n) is 9.33. The summed E-state index contributed by atoms with van der Waals surface area (Å²) in [5.41, 5.74) is 8.13. The van der Waals surface area contributed by atoms with Crippen LogP contribution in [-0.4, -0.2) is 0 Å². The molecule has 0 N–H and O–H groups in total.